The van der Waals surface area contributed by atoms with Crippen molar-refractivity contribution in [2.24, 2.45) is 17.1 Å². The van der Waals surface area contributed by atoms with E-state index in [1.165, 1.54) is 0 Å². The lowest BCUT2D eigenvalue weighted by Gasteiger charge is -2.30. The summed E-state index contributed by atoms with van der Waals surface area (Å²) in [7, 11) is 0. The van der Waals surface area contributed by atoms with Crippen molar-refractivity contribution in [3.8, 4) is 0 Å². The molecule has 5 heteroatoms. The maximum absolute atomic E-state index is 12.1. The molecule has 2 rings (SSSR count). The predicted molar refractivity (Wildman–Crippen MR) is 71.5 cm³/mol. The van der Waals surface area contributed by atoms with Gasteiger partial charge in [0, 0.05) is 12.6 Å². The Morgan fingerprint density at radius 1 is 1.16 bits per heavy atom. The molecule has 1 amide bonds. The third-order valence-electron chi connectivity index (χ3n) is 4.77. The van der Waals surface area contributed by atoms with Crippen molar-refractivity contribution >= 4 is 11.9 Å². The van der Waals surface area contributed by atoms with Gasteiger partial charge in [-0.2, -0.15) is 0 Å². The average molecular weight is 268 g/mol. The number of carbonyl (C=O) groups is 2. The maximum Gasteiger partial charge on any atom is 0.311 e. The third-order valence-corrected chi connectivity index (χ3v) is 4.77. The summed E-state index contributed by atoms with van der Waals surface area (Å²) in [6, 6.07) is -0.0712. The highest BCUT2D eigenvalue weighted by atomic mass is 16.4. The molecule has 2 atom stereocenters. The molecule has 4 N–H and O–H groups in total. The number of hydrogen-bond donors (Lipinski definition) is 3. The monoisotopic (exact) mass is 268 g/mol. The van der Waals surface area contributed by atoms with Crippen LogP contribution in [0.2, 0.25) is 0 Å². The summed E-state index contributed by atoms with van der Waals surface area (Å²) in [5.41, 5.74) is 5.24. The van der Waals surface area contributed by atoms with E-state index in [4.69, 9.17) is 5.73 Å². The van der Waals surface area contributed by atoms with E-state index in [1.807, 2.05) is 0 Å². The van der Waals surface area contributed by atoms with Gasteiger partial charge in [-0.25, -0.2) is 0 Å². The number of carboxylic acid groups (broad SMARTS) is 1. The van der Waals surface area contributed by atoms with E-state index in [1.54, 1.807) is 0 Å². The quantitative estimate of drug-likeness (QED) is 0.715. The molecule has 0 aromatic heterocycles. The summed E-state index contributed by atoms with van der Waals surface area (Å²) in [5.74, 6) is -0.973. The minimum Gasteiger partial charge on any atom is -0.481 e. The Balaban J connectivity index is 1.90. The van der Waals surface area contributed by atoms with Crippen molar-refractivity contribution in [3.05, 3.63) is 0 Å². The van der Waals surface area contributed by atoms with Crippen molar-refractivity contribution in [1.82, 2.24) is 5.32 Å². The van der Waals surface area contributed by atoms with E-state index in [0.717, 1.165) is 38.5 Å². The first-order valence-electron chi connectivity index (χ1n) is 7.32. The minimum atomic E-state index is -0.779. The van der Waals surface area contributed by atoms with Crippen LogP contribution in [0, 0.1) is 11.3 Å². The van der Waals surface area contributed by atoms with Gasteiger partial charge in [-0.05, 0) is 25.7 Å². The van der Waals surface area contributed by atoms with Gasteiger partial charge in [0.05, 0.1) is 11.3 Å². The second-order valence-corrected chi connectivity index (χ2v) is 6.07. The molecule has 0 aromatic rings. The standard InChI is InChI=1S/C14H24N2O3/c15-11-6-2-1-5-10(11)12(17)16-9-14(13(18)19)7-3-4-8-14/h10-11H,1-9,15H2,(H,16,17)(H,18,19). The Kier molecular flexibility index (Phi) is 4.45. The fourth-order valence-electron chi connectivity index (χ4n) is 3.39. The van der Waals surface area contributed by atoms with Crippen LogP contribution in [-0.2, 0) is 9.59 Å². The summed E-state index contributed by atoms with van der Waals surface area (Å²) >= 11 is 0. The molecule has 0 spiro atoms. The topological polar surface area (TPSA) is 92.4 Å². The molecule has 2 fully saturated rings. The highest BCUT2D eigenvalue weighted by Crippen LogP contribution is 2.38. The fourth-order valence-corrected chi connectivity index (χ4v) is 3.39. The number of carbonyl (C=O) groups excluding carboxylic acids is 1. The van der Waals surface area contributed by atoms with Gasteiger partial charge in [0.1, 0.15) is 0 Å². The first-order valence-corrected chi connectivity index (χ1v) is 7.32. The van der Waals surface area contributed by atoms with Crippen molar-refractivity contribution in [3.63, 3.8) is 0 Å². The smallest absolute Gasteiger partial charge is 0.311 e. The molecule has 2 aliphatic carbocycles. The van der Waals surface area contributed by atoms with E-state index in [9.17, 15) is 14.7 Å². The number of nitrogens with two attached hydrogens (primary N) is 1. The second-order valence-electron chi connectivity index (χ2n) is 6.07. The highest BCUT2D eigenvalue weighted by molar-refractivity contribution is 5.81. The molecule has 0 radical (unpaired) electrons. The molecule has 5 nitrogen and oxygen atoms in total. The zero-order chi connectivity index (χ0) is 13.9. The van der Waals surface area contributed by atoms with E-state index in [2.05, 4.69) is 5.32 Å². The van der Waals surface area contributed by atoms with Gasteiger partial charge in [0.15, 0.2) is 0 Å². The van der Waals surface area contributed by atoms with E-state index < -0.39 is 11.4 Å². The molecule has 19 heavy (non-hydrogen) atoms. The molecule has 0 aliphatic heterocycles. The molecule has 108 valence electrons. The van der Waals surface area contributed by atoms with Gasteiger partial charge < -0.3 is 16.2 Å². The van der Waals surface area contributed by atoms with Gasteiger partial charge in [0.25, 0.3) is 0 Å². The first kappa shape index (κ1) is 14.3. The van der Waals surface area contributed by atoms with Crippen molar-refractivity contribution in [2.75, 3.05) is 6.54 Å². The van der Waals surface area contributed by atoms with Crippen LogP contribution < -0.4 is 11.1 Å². The SMILES string of the molecule is NC1CCCCC1C(=O)NCC1(C(=O)O)CCCC1. The van der Waals surface area contributed by atoms with Crippen LogP contribution in [-0.4, -0.2) is 29.6 Å². The van der Waals surface area contributed by atoms with Gasteiger partial charge >= 0.3 is 5.97 Å². The van der Waals surface area contributed by atoms with Crippen LogP contribution in [0.1, 0.15) is 51.4 Å². The van der Waals surface area contributed by atoms with Gasteiger partial charge in [-0.15, -0.1) is 0 Å². The molecule has 0 aromatic carbocycles. The summed E-state index contributed by atoms with van der Waals surface area (Å²) in [6.07, 6.45) is 7.05. The van der Waals surface area contributed by atoms with E-state index in [-0.39, 0.29) is 24.4 Å². The van der Waals surface area contributed by atoms with Gasteiger partial charge in [0.2, 0.25) is 5.91 Å². The first-order chi connectivity index (χ1) is 9.05. The van der Waals surface area contributed by atoms with Crippen LogP contribution >= 0.6 is 0 Å². The van der Waals surface area contributed by atoms with Crippen LogP contribution in [0.25, 0.3) is 0 Å². The summed E-state index contributed by atoms with van der Waals surface area (Å²) in [6.45, 7) is 0.254. The highest BCUT2D eigenvalue weighted by Gasteiger charge is 2.42. The Bertz CT molecular complexity index is 351. The molecule has 0 saturated heterocycles. The van der Waals surface area contributed by atoms with Gasteiger partial charge in [-0.3, -0.25) is 9.59 Å². The zero-order valence-corrected chi connectivity index (χ0v) is 11.4. The number of hydrogen-bond acceptors (Lipinski definition) is 3. The minimum absolute atomic E-state index is 0.0558. The predicted octanol–water partition coefficient (Wildman–Crippen LogP) is 1.27. The molecule has 0 bridgehead atoms. The number of carboxylic acids is 1. The van der Waals surface area contributed by atoms with Gasteiger partial charge in [-0.1, -0.05) is 25.7 Å². The largest absolute Gasteiger partial charge is 0.481 e. The van der Waals surface area contributed by atoms with E-state index >= 15 is 0 Å². The Hall–Kier alpha value is -1.10. The average Bonchev–Trinajstić information content (AvgIpc) is 2.86. The number of amides is 1. The lowest BCUT2D eigenvalue weighted by atomic mass is 9.83. The lowest BCUT2D eigenvalue weighted by molar-refractivity contribution is -0.148. The number of nitrogens with one attached hydrogen (secondary N) is 1. The molecule has 2 unspecified atom stereocenters. The normalized spacial score (nSPS) is 29.9. The molecular formula is C14H24N2O3. The zero-order valence-electron chi connectivity index (χ0n) is 11.4. The molecule has 0 heterocycles. The number of aliphatic carboxylic acids is 1. The van der Waals surface area contributed by atoms with Crippen LogP contribution in [0.15, 0.2) is 0 Å². The van der Waals surface area contributed by atoms with Crippen LogP contribution in [0.5, 0.6) is 0 Å². The molecular weight excluding hydrogens is 244 g/mol. The van der Waals surface area contributed by atoms with Crippen LogP contribution in [0.4, 0.5) is 0 Å². The Labute approximate surface area is 113 Å². The number of rotatable bonds is 4. The van der Waals surface area contributed by atoms with E-state index in [0.29, 0.717) is 12.8 Å². The Morgan fingerprint density at radius 2 is 1.79 bits per heavy atom. The molecule has 2 aliphatic rings. The third kappa shape index (κ3) is 3.08. The maximum atomic E-state index is 12.1. The second kappa shape index (κ2) is 5.90. The van der Waals surface area contributed by atoms with Crippen molar-refractivity contribution < 1.29 is 14.7 Å². The summed E-state index contributed by atoms with van der Waals surface area (Å²) in [5, 5.41) is 12.2. The van der Waals surface area contributed by atoms with Crippen molar-refractivity contribution in [1.29, 1.82) is 0 Å². The Morgan fingerprint density at radius 3 is 2.37 bits per heavy atom. The summed E-state index contributed by atoms with van der Waals surface area (Å²) in [4.78, 5) is 23.5. The summed E-state index contributed by atoms with van der Waals surface area (Å²) < 4.78 is 0. The molecule has 2 saturated carbocycles. The lowest BCUT2D eigenvalue weighted by Crippen LogP contribution is -2.48. The fraction of sp³-hybridized carbons (Fsp3) is 0.857. The van der Waals surface area contributed by atoms with Crippen LogP contribution in [0.3, 0.4) is 0 Å². The van der Waals surface area contributed by atoms with Crippen molar-refractivity contribution in [2.45, 2.75) is 57.4 Å².